The van der Waals surface area contributed by atoms with Gasteiger partial charge in [-0.1, -0.05) is 39.0 Å². The molecule has 0 aliphatic heterocycles. The van der Waals surface area contributed by atoms with Crippen LogP contribution in [0.25, 0.3) is 0 Å². The van der Waals surface area contributed by atoms with Crippen LogP contribution in [0.5, 0.6) is 0 Å². The minimum atomic E-state index is -0.0178. The van der Waals surface area contributed by atoms with Crippen LogP contribution >= 0.6 is 0 Å². The van der Waals surface area contributed by atoms with Crippen LogP contribution < -0.4 is 5.32 Å². The minimum absolute atomic E-state index is 0.0178. The summed E-state index contributed by atoms with van der Waals surface area (Å²) < 4.78 is 0. The number of nitrogens with zero attached hydrogens (tertiary/aromatic N) is 1. The highest BCUT2D eigenvalue weighted by molar-refractivity contribution is 5.95. The Bertz CT molecular complexity index is 407. The molecule has 0 spiro atoms. The number of carbonyl (C=O) groups is 1. The summed E-state index contributed by atoms with van der Waals surface area (Å²) in [5, 5.41) is 3.06. The zero-order chi connectivity index (χ0) is 13.8. The van der Waals surface area contributed by atoms with Crippen LogP contribution in [-0.2, 0) is 5.41 Å². The third kappa shape index (κ3) is 3.57. The first-order valence-electron chi connectivity index (χ1n) is 6.37. The molecule has 1 N–H and O–H groups in total. The fourth-order valence-electron chi connectivity index (χ4n) is 1.91. The normalized spacial score (nSPS) is 11.4. The molecule has 1 rings (SSSR count). The van der Waals surface area contributed by atoms with E-state index in [1.165, 1.54) is 0 Å². The van der Waals surface area contributed by atoms with E-state index in [2.05, 4.69) is 26.1 Å². The van der Waals surface area contributed by atoms with Crippen molar-refractivity contribution in [1.29, 1.82) is 0 Å². The first kappa shape index (κ1) is 14.7. The Kier molecular flexibility index (Phi) is 4.91. The van der Waals surface area contributed by atoms with Gasteiger partial charge in [-0.15, -0.1) is 0 Å². The van der Waals surface area contributed by atoms with Gasteiger partial charge in [0.15, 0.2) is 0 Å². The van der Waals surface area contributed by atoms with Gasteiger partial charge in [-0.25, -0.2) is 0 Å². The molecule has 0 aliphatic carbocycles. The maximum Gasteiger partial charge on any atom is 0.253 e. The van der Waals surface area contributed by atoms with Gasteiger partial charge < -0.3 is 10.2 Å². The molecule has 0 bridgehead atoms. The Morgan fingerprint density at radius 1 is 1.28 bits per heavy atom. The van der Waals surface area contributed by atoms with Gasteiger partial charge in [0.05, 0.1) is 0 Å². The van der Waals surface area contributed by atoms with E-state index in [9.17, 15) is 4.79 Å². The summed E-state index contributed by atoms with van der Waals surface area (Å²) in [6.07, 6.45) is 0. The van der Waals surface area contributed by atoms with E-state index in [-0.39, 0.29) is 11.3 Å². The fraction of sp³-hybridized carbons (Fsp3) is 0.533. The summed E-state index contributed by atoms with van der Waals surface area (Å²) >= 11 is 0. The SMILES string of the molecule is CNCCN(C)C(=O)c1ccccc1C(C)(C)C. The van der Waals surface area contributed by atoms with Crippen LogP contribution in [-0.4, -0.2) is 38.0 Å². The summed E-state index contributed by atoms with van der Waals surface area (Å²) in [6.45, 7) is 7.92. The molecule has 0 unspecified atom stereocenters. The van der Waals surface area contributed by atoms with Crippen LogP contribution in [0.3, 0.4) is 0 Å². The monoisotopic (exact) mass is 248 g/mol. The van der Waals surface area contributed by atoms with Gasteiger partial charge in [-0.05, 0) is 24.1 Å². The predicted octanol–water partition coefficient (Wildman–Crippen LogP) is 2.28. The lowest BCUT2D eigenvalue weighted by Crippen LogP contribution is -2.34. The lowest BCUT2D eigenvalue weighted by Gasteiger charge is -2.25. The zero-order valence-electron chi connectivity index (χ0n) is 12.1. The molecule has 3 nitrogen and oxygen atoms in total. The van der Waals surface area contributed by atoms with Gasteiger partial charge in [0.2, 0.25) is 0 Å². The van der Waals surface area contributed by atoms with Gasteiger partial charge in [-0.2, -0.15) is 0 Å². The molecule has 0 aliphatic rings. The smallest absolute Gasteiger partial charge is 0.253 e. The number of benzene rings is 1. The highest BCUT2D eigenvalue weighted by Gasteiger charge is 2.22. The van der Waals surface area contributed by atoms with Gasteiger partial charge in [0, 0.05) is 25.7 Å². The predicted molar refractivity (Wildman–Crippen MR) is 76.0 cm³/mol. The zero-order valence-corrected chi connectivity index (χ0v) is 12.1. The van der Waals surface area contributed by atoms with Crippen molar-refractivity contribution in [3.63, 3.8) is 0 Å². The largest absolute Gasteiger partial charge is 0.340 e. The van der Waals surface area contributed by atoms with Crippen molar-refractivity contribution in [1.82, 2.24) is 10.2 Å². The van der Waals surface area contributed by atoms with Crippen LogP contribution in [0.4, 0.5) is 0 Å². The average Bonchev–Trinajstić information content (AvgIpc) is 2.34. The van der Waals surface area contributed by atoms with Gasteiger partial charge in [0.25, 0.3) is 5.91 Å². The lowest BCUT2D eigenvalue weighted by atomic mass is 9.83. The molecule has 1 amide bonds. The third-order valence-electron chi connectivity index (χ3n) is 3.01. The summed E-state index contributed by atoms with van der Waals surface area (Å²) in [5.41, 5.74) is 1.89. The number of hydrogen-bond acceptors (Lipinski definition) is 2. The van der Waals surface area contributed by atoms with Gasteiger partial charge in [-0.3, -0.25) is 4.79 Å². The molecule has 0 heterocycles. The highest BCUT2D eigenvalue weighted by atomic mass is 16.2. The highest BCUT2D eigenvalue weighted by Crippen LogP contribution is 2.26. The topological polar surface area (TPSA) is 32.3 Å². The standard InChI is InChI=1S/C15H24N2O/c1-15(2,3)13-9-7-6-8-12(13)14(18)17(5)11-10-16-4/h6-9,16H,10-11H2,1-5H3. The van der Waals surface area contributed by atoms with Gasteiger partial charge >= 0.3 is 0 Å². The average molecular weight is 248 g/mol. The Morgan fingerprint density at radius 2 is 1.89 bits per heavy atom. The molecular weight excluding hydrogens is 224 g/mol. The van der Waals surface area contributed by atoms with Crippen molar-refractivity contribution in [3.05, 3.63) is 35.4 Å². The van der Waals surface area contributed by atoms with Crippen molar-refractivity contribution in [2.45, 2.75) is 26.2 Å². The maximum absolute atomic E-state index is 12.4. The quantitative estimate of drug-likeness (QED) is 0.886. The molecule has 18 heavy (non-hydrogen) atoms. The first-order chi connectivity index (χ1) is 8.38. The molecule has 0 saturated heterocycles. The number of hydrogen-bond donors (Lipinski definition) is 1. The van der Waals surface area contributed by atoms with Crippen LogP contribution in [0.2, 0.25) is 0 Å². The number of nitrogens with one attached hydrogen (secondary N) is 1. The number of likely N-dealkylation sites (N-methyl/N-ethyl adjacent to an activating group) is 2. The molecule has 0 radical (unpaired) electrons. The van der Waals surface area contributed by atoms with E-state index in [0.29, 0.717) is 6.54 Å². The molecule has 3 heteroatoms. The molecular formula is C15H24N2O. The number of rotatable bonds is 4. The van der Waals surface area contributed by atoms with E-state index in [1.807, 2.05) is 38.4 Å². The van der Waals surface area contributed by atoms with Crippen molar-refractivity contribution < 1.29 is 4.79 Å². The Hall–Kier alpha value is -1.35. The van der Waals surface area contributed by atoms with Gasteiger partial charge in [0.1, 0.15) is 0 Å². The minimum Gasteiger partial charge on any atom is -0.340 e. The second-order valence-corrected chi connectivity index (χ2v) is 5.63. The third-order valence-corrected chi connectivity index (χ3v) is 3.01. The molecule has 0 atom stereocenters. The summed E-state index contributed by atoms with van der Waals surface area (Å²) in [7, 11) is 3.74. The summed E-state index contributed by atoms with van der Waals surface area (Å²) in [4.78, 5) is 14.2. The molecule has 0 aromatic heterocycles. The molecule has 0 fully saturated rings. The lowest BCUT2D eigenvalue weighted by molar-refractivity contribution is 0.0794. The van der Waals surface area contributed by atoms with E-state index >= 15 is 0 Å². The molecule has 1 aromatic carbocycles. The van der Waals surface area contributed by atoms with Crippen molar-refractivity contribution in [2.75, 3.05) is 27.2 Å². The van der Waals surface area contributed by atoms with Crippen molar-refractivity contribution >= 4 is 5.91 Å². The number of carbonyl (C=O) groups excluding carboxylic acids is 1. The first-order valence-corrected chi connectivity index (χ1v) is 6.37. The molecule has 0 saturated carbocycles. The van der Waals surface area contributed by atoms with Crippen LogP contribution in [0.15, 0.2) is 24.3 Å². The van der Waals surface area contributed by atoms with Crippen molar-refractivity contribution in [3.8, 4) is 0 Å². The van der Waals surface area contributed by atoms with Crippen molar-refractivity contribution in [2.24, 2.45) is 0 Å². The Labute approximate surface area is 110 Å². The fourth-order valence-corrected chi connectivity index (χ4v) is 1.91. The Balaban J connectivity index is 2.99. The summed E-state index contributed by atoms with van der Waals surface area (Å²) in [6, 6.07) is 7.87. The van der Waals surface area contributed by atoms with E-state index in [1.54, 1.807) is 4.90 Å². The number of amides is 1. The van der Waals surface area contributed by atoms with Crippen LogP contribution in [0, 0.1) is 0 Å². The molecule has 1 aromatic rings. The van der Waals surface area contributed by atoms with Crippen LogP contribution in [0.1, 0.15) is 36.7 Å². The summed E-state index contributed by atoms with van der Waals surface area (Å²) in [5.74, 6) is 0.0933. The van der Waals surface area contributed by atoms with E-state index in [0.717, 1.165) is 17.7 Å². The van der Waals surface area contributed by atoms with E-state index in [4.69, 9.17) is 0 Å². The van der Waals surface area contributed by atoms with E-state index < -0.39 is 0 Å². The second-order valence-electron chi connectivity index (χ2n) is 5.63. The second kappa shape index (κ2) is 6.01. The maximum atomic E-state index is 12.4. The molecule has 100 valence electrons. The Morgan fingerprint density at radius 3 is 2.44 bits per heavy atom.